The number of rotatable bonds is 3. The van der Waals surface area contributed by atoms with Crippen molar-refractivity contribution in [2.24, 2.45) is 0 Å². The third-order valence-electron chi connectivity index (χ3n) is 4.75. The summed E-state index contributed by atoms with van der Waals surface area (Å²) in [6.07, 6.45) is 1.72. The summed E-state index contributed by atoms with van der Waals surface area (Å²) in [5, 5.41) is 6.20. The highest BCUT2D eigenvalue weighted by Gasteiger charge is 2.19. The zero-order chi connectivity index (χ0) is 18.3. The van der Waals surface area contributed by atoms with Gasteiger partial charge in [0.1, 0.15) is 11.5 Å². The van der Waals surface area contributed by atoms with Crippen LogP contribution in [0.25, 0.3) is 21.7 Å². The van der Waals surface area contributed by atoms with Crippen molar-refractivity contribution >= 4 is 27.6 Å². The number of aromatic nitrogens is 1. The van der Waals surface area contributed by atoms with Crippen molar-refractivity contribution in [3.8, 4) is 0 Å². The molecule has 0 aliphatic carbocycles. The predicted molar refractivity (Wildman–Crippen MR) is 103 cm³/mol. The van der Waals surface area contributed by atoms with E-state index >= 15 is 0 Å². The van der Waals surface area contributed by atoms with Crippen LogP contribution in [0.5, 0.6) is 0 Å². The first kappa shape index (κ1) is 16.3. The molecule has 0 bridgehead atoms. The van der Waals surface area contributed by atoms with E-state index < -0.39 is 0 Å². The molecular weight excluding hydrogens is 324 g/mol. The molecule has 2 heterocycles. The molecular formula is C22H20N2O2. The number of nitrogens with zero attached hydrogens (tertiary/aromatic N) is 1. The maximum Gasteiger partial charge on any atom is 0.253 e. The molecule has 4 rings (SSSR count). The Hall–Kier alpha value is -3.14. The van der Waals surface area contributed by atoms with Crippen LogP contribution < -0.4 is 5.32 Å². The van der Waals surface area contributed by atoms with E-state index in [4.69, 9.17) is 4.42 Å². The number of carbonyl (C=O) groups is 1. The van der Waals surface area contributed by atoms with Gasteiger partial charge >= 0.3 is 0 Å². The second-order valence-corrected chi connectivity index (χ2v) is 6.61. The number of hydrogen-bond acceptors (Lipinski definition) is 3. The highest BCUT2D eigenvalue weighted by molar-refractivity contribution is 6.15. The molecule has 1 atom stereocenters. The highest BCUT2D eigenvalue weighted by atomic mass is 16.3. The second-order valence-electron chi connectivity index (χ2n) is 6.61. The van der Waals surface area contributed by atoms with E-state index in [1.54, 1.807) is 6.20 Å². The van der Waals surface area contributed by atoms with E-state index in [0.29, 0.717) is 5.56 Å². The fourth-order valence-corrected chi connectivity index (χ4v) is 3.53. The van der Waals surface area contributed by atoms with Crippen LogP contribution in [0.1, 0.15) is 40.4 Å². The van der Waals surface area contributed by atoms with Crippen LogP contribution in [0.15, 0.2) is 59.1 Å². The summed E-state index contributed by atoms with van der Waals surface area (Å²) in [6, 6.07) is 15.7. The van der Waals surface area contributed by atoms with Crippen LogP contribution in [0.4, 0.5) is 0 Å². The first-order chi connectivity index (χ1) is 12.5. The predicted octanol–water partition coefficient (Wildman–Crippen LogP) is 5.09. The van der Waals surface area contributed by atoms with Crippen molar-refractivity contribution < 1.29 is 9.21 Å². The lowest BCUT2D eigenvalue weighted by Gasteiger charge is -2.15. The third-order valence-corrected chi connectivity index (χ3v) is 4.75. The minimum atomic E-state index is -0.148. The Bertz CT molecular complexity index is 1130. The second kappa shape index (κ2) is 6.30. The minimum absolute atomic E-state index is 0.134. The summed E-state index contributed by atoms with van der Waals surface area (Å²) in [4.78, 5) is 17.5. The average Bonchev–Trinajstić information content (AvgIpc) is 2.99. The van der Waals surface area contributed by atoms with E-state index in [0.717, 1.165) is 38.8 Å². The van der Waals surface area contributed by atoms with E-state index in [1.165, 1.54) is 0 Å². The van der Waals surface area contributed by atoms with Crippen LogP contribution in [0.3, 0.4) is 0 Å². The number of nitrogens with one attached hydrogen (secondary N) is 1. The van der Waals surface area contributed by atoms with Gasteiger partial charge in [0, 0.05) is 17.1 Å². The summed E-state index contributed by atoms with van der Waals surface area (Å²) in [7, 11) is 0. The van der Waals surface area contributed by atoms with Gasteiger partial charge in [-0.2, -0.15) is 0 Å². The van der Waals surface area contributed by atoms with E-state index in [9.17, 15) is 4.79 Å². The fourth-order valence-electron chi connectivity index (χ4n) is 3.53. The zero-order valence-corrected chi connectivity index (χ0v) is 15.0. The van der Waals surface area contributed by atoms with Crippen LogP contribution >= 0.6 is 0 Å². The maximum absolute atomic E-state index is 13.0. The van der Waals surface area contributed by atoms with Gasteiger partial charge in [-0.1, -0.05) is 30.3 Å². The van der Waals surface area contributed by atoms with Gasteiger partial charge < -0.3 is 9.73 Å². The van der Waals surface area contributed by atoms with Gasteiger partial charge in [0.15, 0.2) is 0 Å². The number of carbonyl (C=O) groups excluding carboxylic acids is 1. The highest BCUT2D eigenvalue weighted by Crippen LogP contribution is 2.28. The first-order valence-corrected chi connectivity index (χ1v) is 8.69. The first-order valence-electron chi connectivity index (χ1n) is 8.69. The zero-order valence-electron chi connectivity index (χ0n) is 15.0. The lowest BCUT2D eigenvalue weighted by molar-refractivity contribution is 0.0941. The Kier molecular flexibility index (Phi) is 3.96. The third kappa shape index (κ3) is 2.73. The van der Waals surface area contributed by atoms with Gasteiger partial charge in [0.25, 0.3) is 5.91 Å². The lowest BCUT2D eigenvalue weighted by Crippen LogP contribution is -2.27. The Morgan fingerprint density at radius 1 is 1.08 bits per heavy atom. The van der Waals surface area contributed by atoms with Crippen LogP contribution in [-0.4, -0.2) is 10.9 Å². The number of furan rings is 1. The summed E-state index contributed by atoms with van der Waals surface area (Å²) in [6.45, 7) is 5.79. The van der Waals surface area contributed by atoms with Gasteiger partial charge in [0.05, 0.1) is 17.1 Å². The van der Waals surface area contributed by atoms with E-state index in [-0.39, 0.29) is 11.9 Å². The number of amides is 1. The molecule has 0 fully saturated rings. The van der Waals surface area contributed by atoms with Crippen molar-refractivity contribution in [1.82, 2.24) is 10.3 Å². The summed E-state index contributed by atoms with van der Waals surface area (Å²) < 4.78 is 5.59. The van der Waals surface area contributed by atoms with Gasteiger partial charge in [-0.05, 0) is 49.7 Å². The number of benzene rings is 2. The van der Waals surface area contributed by atoms with Crippen molar-refractivity contribution in [3.63, 3.8) is 0 Å². The normalized spacial score (nSPS) is 12.4. The summed E-state index contributed by atoms with van der Waals surface area (Å²) in [5.41, 5.74) is 2.30. The molecule has 0 aliphatic heterocycles. The Morgan fingerprint density at radius 3 is 2.62 bits per heavy atom. The largest absolute Gasteiger partial charge is 0.466 e. The van der Waals surface area contributed by atoms with Crippen molar-refractivity contribution in [1.29, 1.82) is 0 Å². The monoisotopic (exact) mass is 344 g/mol. The SMILES string of the molecule is Cc1cc([C@@H](C)NC(=O)c2cc3ccccc3c3cccnc23)c(C)o1. The average molecular weight is 344 g/mol. The summed E-state index contributed by atoms with van der Waals surface area (Å²) >= 11 is 0. The molecule has 1 N–H and O–H groups in total. The molecule has 4 aromatic rings. The molecule has 0 radical (unpaired) electrons. The van der Waals surface area contributed by atoms with Crippen molar-refractivity contribution in [2.75, 3.05) is 0 Å². The molecule has 0 aliphatic rings. The van der Waals surface area contributed by atoms with Crippen LogP contribution in [0.2, 0.25) is 0 Å². The Balaban J connectivity index is 1.77. The minimum Gasteiger partial charge on any atom is -0.466 e. The molecule has 4 heteroatoms. The quantitative estimate of drug-likeness (QED) is 0.527. The molecule has 26 heavy (non-hydrogen) atoms. The van der Waals surface area contributed by atoms with Gasteiger partial charge in [-0.3, -0.25) is 9.78 Å². The van der Waals surface area contributed by atoms with Gasteiger partial charge in [-0.25, -0.2) is 0 Å². The number of pyridine rings is 1. The van der Waals surface area contributed by atoms with Gasteiger partial charge in [0.2, 0.25) is 0 Å². The summed E-state index contributed by atoms with van der Waals surface area (Å²) in [5.74, 6) is 1.54. The number of hydrogen-bond donors (Lipinski definition) is 1. The molecule has 1 amide bonds. The van der Waals surface area contributed by atoms with Crippen molar-refractivity contribution in [3.05, 3.63) is 77.4 Å². The number of fused-ring (bicyclic) bond motifs is 3. The van der Waals surface area contributed by atoms with Crippen LogP contribution in [0, 0.1) is 13.8 Å². The maximum atomic E-state index is 13.0. The molecule has 4 nitrogen and oxygen atoms in total. The van der Waals surface area contributed by atoms with Crippen molar-refractivity contribution in [2.45, 2.75) is 26.8 Å². The topological polar surface area (TPSA) is 55.1 Å². The molecule has 2 aromatic carbocycles. The Labute approximate surface area is 151 Å². The lowest BCUT2D eigenvalue weighted by atomic mass is 10.00. The molecule has 0 saturated heterocycles. The Morgan fingerprint density at radius 2 is 1.85 bits per heavy atom. The molecule has 2 aromatic heterocycles. The van der Waals surface area contributed by atoms with Crippen LogP contribution in [-0.2, 0) is 0 Å². The fraction of sp³-hybridized carbons (Fsp3) is 0.182. The van der Waals surface area contributed by atoms with E-state index in [2.05, 4.69) is 16.4 Å². The molecule has 0 spiro atoms. The van der Waals surface area contributed by atoms with E-state index in [1.807, 2.05) is 63.2 Å². The molecule has 0 unspecified atom stereocenters. The standard InChI is InChI=1S/C22H20N2O2/c1-13-11-19(15(3)26-13)14(2)24-22(25)20-12-16-7-4-5-8-17(16)18-9-6-10-23-21(18)20/h4-12,14H,1-3H3,(H,24,25)/t14-/m1/s1. The molecule has 130 valence electrons. The van der Waals surface area contributed by atoms with Gasteiger partial charge in [-0.15, -0.1) is 0 Å². The smallest absolute Gasteiger partial charge is 0.253 e. The molecule has 0 saturated carbocycles. The number of aryl methyl sites for hydroxylation is 2.